The number of hydrogen-bond acceptors (Lipinski definition) is 6. The second kappa shape index (κ2) is 5.92. The smallest absolute Gasteiger partial charge is 0.148 e. The largest absolute Gasteiger partial charge is 0.466 e. The van der Waals surface area contributed by atoms with E-state index in [1.807, 2.05) is 26.8 Å². The van der Waals surface area contributed by atoms with Gasteiger partial charge in [-0.05, 0) is 33.3 Å². The van der Waals surface area contributed by atoms with E-state index in [1.54, 1.807) is 0 Å². The topological polar surface area (TPSA) is 89.0 Å². The van der Waals surface area contributed by atoms with Gasteiger partial charge in [0.15, 0.2) is 0 Å². The Morgan fingerprint density at radius 1 is 1.30 bits per heavy atom. The third-order valence-electron chi connectivity index (χ3n) is 3.33. The normalized spacial score (nSPS) is 12.2. The van der Waals surface area contributed by atoms with Crippen LogP contribution in [-0.2, 0) is 6.42 Å². The molecule has 1 unspecified atom stereocenters. The Kier molecular flexibility index (Phi) is 4.24. The van der Waals surface area contributed by atoms with Crippen molar-refractivity contribution in [3.8, 4) is 0 Å². The SMILES string of the molecule is CCc1c(NN)ncnc1NC(C)c1cc(C)oc1C. The van der Waals surface area contributed by atoms with Crippen LogP contribution in [0.4, 0.5) is 11.6 Å². The third kappa shape index (κ3) is 2.75. The first-order valence-electron chi connectivity index (χ1n) is 6.70. The van der Waals surface area contributed by atoms with Crippen LogP contribution in [0.3, 0.4) is 0 Å². The number of hydrogen-bond donors (Lipinski definition) is 3. The van der Waals surface area contributed by atoms with E-state index in [0.717, 1.165) is 34.9 Å². The highest BCUT2D eigenvalue weighted by Crippen LogP contribution is 2.27. The summed E-state index contributed by atoms with van der Waals surface area (Å²) < 4.78 is 5.57. The molecule has 4 N–H and O–H groups in total. The van der Waals surface area contributed by atoms with Crippen molar-refractivity contribution in [2.24, 2.45) is 5.84 Å². The number of hydrazine groups is 1. The van der Waals surface area contributed by atoms with Crippen LogP contribution in [0, 0.1) is 13.8 Å². The van der Waals surface area contributed by atoms with Crippen LogP contribution in [0.25, 0.3) is 0 Å². The van der Waals surface area contributed by atoms with E-state index in [1.165, 1.54) is 6.33 Å². The molecule has 6 nitrogen and oxygen atoms in total. The first kappa shape index (κ1) is 14.3. The van der Waals surface area contributed by atoms with E-state index < -0.39 is 0 Å². The van der Waals surface area contributed by atoms with Crippen molar-refractivity contribution in [2.45, 2.75) is 40.2 Å². The minimum absolute atomic E-state index is 0.0956. The molecule has 0 saturated heterocycles. The molecule has 0 aliphatic carbocycles. The number of nitrogens with two attached hydrogens (primary N) is 1. The van der Waals surface area contributed by atoms with Gasteiger partial charge in [0.2, 0.25) is 0 Å². The average Bonchev–Trinajstić information content (AvgIpc) is 2.77. The zero-order chi connectivity index (χ0) is 14.7. The first-order valence-corrected chi connectivity index (χ1v) is 6.70. The van der Waals surface area contributed by atoms with Crippen molar-refractivity contribution in [1.82, 2.24) is 9.97 Å². The molecule has 2 aromatic rings. The molecule has 0 bridgehead atoms. The molecule has 108 valence electrons. The summed E-state index contributed by atoms with van der Waals surface area (Å²) >= 11 is 0. The molecule has 1 atom stereocenters. The lowest BCUT2D eigenvalue weighted by atomic mass is 10.1. The van der Waals surface area contributed by atoms with Gasteiger partial charge in [0, 0.05) is 11.1 Å². The van der Waals surface area contributed by atoms with Crippen LogP contribution in [0.15, 0.2) is 16.8 Å². The summed E-state index contributed by atoms with van der Waals surface area (Å²) in [5, 5.41) is 3.40. The monoisotopic (exact) mass is 275 g/mol. The van der Waals surface area contributed by atoms with E-state index in [0.29, 0.717) is 5.82 Å². The summed E-state index contributed by atoms with van der Waals surface area (Å²) in [6.45, 7) is 8.03. The summed E-state index contributed by atoms with van der Waals surface area (Å²) in [6, 6.07) is 2.14. The van der Waals surface area contributed by atoms with Crippen LogP contribution >= 0.6 is 0 Å². The van der Waals surface area contributed by atoms with Gasteiger partial charge in [0.05, 0.1) is 6.04 Å². The highest BCUT2D eigenvalue weighted by atomic mass is 16.3. The van der Waals surface area contributed by atoms with Crippen molar-refractivity contribution in [3.63, 3.8) is 0 Å². The fraction of sp³-hybridized carbons (Fsp3) is 0.429. The second-order valence-electron chi connectivity index (χ2n) is 4.78. The van der Waals surface area contributed by atoms with Crippen molar-refractivity contribution in [1.29, 1.82) is 0 Å². The lowest BCUT2D eigenvalue weighted by Crippen LogP contribution is -2.15. The molecule has 2 aromatic heterocycles. The number of rotatable bonds is 5. The molecule has 0 saturated carbocycles. The van der Waals surface area contributed by atoms with Gasteiger partial charge in [0.25, 0.3) is 0 Å². The molecular formula is C14H21N5O. The van der Waals surface area contributed by atoms with Crippen LogP contribution in [0.2, 0.25) is 0 Å². The summed E-state index contributed by atoms with van der Waals surface area (Å²) in [5.74, 6) is 8.76. The number of aryl methyl sites for hydroxylation is 2. The minimum atomic E-state index is 0.0956. The number of aromatic nitrogens is 2. The fourth-order valence-corrected chi connectivity index (χ4v) is 2.36. The molecule has 0 amide bonds. The second-order valence-corrected chi connectivity index (χ2v) is 4.78. The average molecular weight is 275 g/mol. The van der Waals surface area contributed by atoms with Gasteiger partial charge in [-0.25, -0.2) is 15.8 Å². The van der Waals surface area contributed by atoms with Crippen LogP contribution in [0.1, 0.15) is 42.5 Å². The molecule has 0 radical (unpaired) electrons. The molecular weight excluding hydrogens is 254 g/mol. The van der Waals surface area contributed by atoms with Gasteiger partial charge >= 0.3 is 0 Å². The van der Waals surface area contributed by atoms with Gasteiger partial charge in [-0.3, -0.25) is 0 Å². The minimum Gasteiger partial charge on any atom is -0.466 e. The Balaban J connectivity index is 2.28. The highest BCUT2D eigenvalue weighted by molar-refractivity contribution is 5.57. The zero-order valence-electron chi connectivity index (χ0n) is 12.3. The first-order chi connectivity index (χ1) is 9.56. The van der Waals surface area contributed by atoms with Gasteiger partial charge in [-0.2, -0.15) is 0 Å². The van der Waals surface area contributed by atoms with Crippen molar-refractivity contribution >= 4 is 11.6 Å². The van der Waals surface area contributed by atoms with Gasteiger partial charge in [0.1, 0.15) is 29.5 Å². The summed E-state index contributed by atoms with van der Waals surface area (Å²) in [5.41, 5.74) is 4.71. The predicted molar refractivity (Wildman–Crippen MR) is 79.4 cm³/mol. The molecule has 20 heavy (non-hydrogen) atoms. The molecule has 0 aromatic carbocycles. The maximum atomic E-state index is 5.57. The quantitative estimate of drug-likeness (QED) is 0.574. The van der Waals surface area contributed by atoms with Gasteiger partial charge < -0.3 is 15.2 Å². The van der Waals surface area contributed by atoms with E-state index in [4.69, 9.17) is 10.3 Å². The molecule has 0 spiro atoms. The Bertz CT molecular complexity index is 593. The zero-order valence-corrected chi connectivity index (χ0v) is 12.3. The lowest BCUT2D eigenvalue weighted by Gasteiger charge is -2.17. The van der Waals surface area contributed by atoms with Crippen molar-refractivity contribution < 1.29 is 4.42 Å². The predicted octanol–water partition coefficient (Wildman–Crippen LogP) is 2.71. The molecule has 0 aliphatic rings. The van der Waals surface area contributed by atoms with Crippen molar-refractivity contribution in [3.05, 3.63) is 35.0 Å². The Labute approximate surface area is 118 Å². The number of nitrogens with zero attached hydrogens (tertiary/aromatic N) is 2. The molecule has 2 rings (SSSR count). The third-order valence-corrected chi connectivity index (χ3v) is 3.33. The maximum Gasteiger partial charge on any atom is 0.148 e. The Hall–Kier alpha value is -2.08. The van der Waals surface area contributed by atoms with Crippen molar-refractivity contribution in [2.75, 3.05) is 10.7 Å². The van der Waals surface area contributed by atoms with Crippen LogP contribution in [0.5, 0.6) is 0 Å². The molecule has 0 fully saturated rings. The maximum absolute atomic E-state index is 5.57. The van der Waals surface area contributed by atoms with Gasteiger partial charge in [-0.15, -0.1) is 0 Å². The Morgan fingerprint density at radius 3 is 2.55 bits per heavy atom. The summed E-state index contributed by atoms with van der Waals surface area (Å²) in [6.07, 6.45) is 2.29. The number of furan rings is 1. The standard InChI is InChI=1S/C14H21N5O/c1-5-11-13(16-7-17-14(11)19-15)18-9(3)12-6-8(2)20-10(12)4/h6-7,9H,5,15H2,1-4H3,(H2,16,17,18,19). The van der Waals surface area contributed by atoms with Crippen LogP contribution < -0.4 is 16.6 Å². The highest BCUT2D eigenvalue weighted by Gasteiger charge is 2.16. The summed E-state index contributed by atoms with van der Waals surface area (Å²) in [7, 11) is 0. The lowest BCUT2D eigenvalue weighted by molar-refractivity contribution is 0.499. The Morgan fingerprint density at radius 2 is 2.00 bits per heavy atom. The van der Waals surface area contributed by atoms with Crippen LogP contribution in [-0.4, -0.2) is 9.97 Å². The number of nitrogens with one attached hydrogen (secondary N) is 2. The molecule has 2 heterocycles. The van der Waals surface area contributed by atoms with E-state index >= 15 is 0 Å². The van der Waals surface area contributed by atoms with E-state index in [2.05, 4.69) is 27.6 Å². The molecule has 6 heteroatoms. The summed E-state index contributed by atoms with van der Waals surface area (Å²) in [4.78, 5) is 8.44. The number of anilines is 2. The van der Waals surface area contributed by atoms with E-state index in [-0.39, 0.29) is 6.04 Å². The molecule has 0 aliphatic heterocycles. The van der Waals surface area contributed by atoms with Gasteiger partial charge in [-0.1, -0.05) is 6.92 Å². The fourth-order valence-electron chi connectivity index (χ4n) is 2.36. The number of nitrogen functional groups attached to an aromatic ring is 1. The van der Waals surface area contributed by atoms with E-state index in [9.17, 15) is 0 Å².